The number of fused-ring (bicyclic) bond motifs is 1. The lowest BCUT2D eigenvalue weighted by atomic mass is 9.85. The lowest BCUT2D eigenvalue weighted by Crippen LogP contribution is -2.32. The molecular formula is C23H28N4O7S2. The first kappa shape index (κ1) is 26.2. The van der Waals surface area contributed by atoms with Gasteiger partial charge in [-0.25, -0.2) is 18.4 Å². The molecule has 1 fully saturated rings. The van der Waals surface area contributed by atoms with E-state index >= 15 is 0 Å². The van der Waals surface area contributed by atoms with Gasteiger partial charge >= 0.3 is 0 Å². The summed E-state index contributed by atoms with van der Waals surface area (Å²) in [4.78, 5) is 38.2. The smallest absolute Gasteiger partial charge is 0.253 e. The van der Waals surface area contributed by atoms with E-state index < -0.39 is 27.2 Å². The number of hydrogen-bond donors (Lipinski definition) is 3. The number of aromatic amines is 1. The molecule has 1 amide bonds. The van der Waals surface area contributed by atoms with Crippen LogP contribution >= 0.6 is 11.3 Å². The van der Waals surface area contributed by atoms with E-state index in [9.17, 15) is 18.0 Å². The van der Waals surface area contributed by atoms with Gasteiger partial charge in [-0.1, -0.05) is 11.3 Å². The first-order valence-corrected chi connectivity index (χ1v) is 14.0. The van der Waals surface area contributed by atoms with E-state index in [1.165, 1.54) is 19.4 Å². The van der Waals surface area contributed by atoms with Gasteiger partial charge in [-0.3, -0.25) is 9.59 Å². The van der Waals surface area contributed by atoms with Crippen LogP contribution in [0.2, 0.25) is 0 Å². The van der Waals surface area contributed by atoms with Crippen LogP contribution in [0.3, 0.4) is 0 Å². The van der Waals surface area contributed by atoms with Gasteiger partial charge in [-0.2, -0.15) is 0 Å². The van der Waals surface area contributed by atoms with Crippen LogP contribution in [0.5, 0.6) is 5.88 Å². The van der Waals surface area contributed by atoms with E-state index in [0.717, 1.165) is 11.3 Å². The van der Waals surface area contributed by atoms with Crippen molar-refractivity contribution in [2.24, 2.45) is 5.92 Å². The summed E-state index contributed by atoms with van der Waals surface area (Å²) >= 11 is 1.15. The fourth-order valence-electron chi connectivity index (χ4n) is 4.27. The highest BCUT2D eigenvalue weighted by atomic mass is 32.2. The van der Waals surface area contributed by atoms with Crippen molar-refractivity contribution in [3.63, 3.8) is 0 Å². The Morgan fingerprint density at radius 3 is 2.81 bits per heavy atom. The second-order valence-corrected chi connectivity index (χ2v) is 11.6. The number of aliphatic hydroxyl groups excluding tert-OH is 1. The molecule has 1 aliphatic heterocycles. The molecule has 0 saturated carbocycles. The molecule has 0 unspecified atom stereocenters. The number of nitrogens with zero attached hydrogens (tertiary/aromatic N) is 2. The van der Waals surface area contributed by atoms with E-state index in [1.807, 2.05) is 0 Å². The minimum absolute atomic E-state index is 0.0214. The fourth-order valence-corrected chi connectivity index (χ4v) is 6.68. The highest BCUT2D eigenvalue weighted by molar-refractivity contribution is 7.91. The van der Waals surface area contributed by atoms with Crippen molar-refractivity contribution in [1.82, 2.24) is 15.0 Å². The molecule has 13 heteroatoms. The van der Waals surface area contributed by atoms with Crippen molar-refractivity contribution < 1.29 is 27.8 Å². The molecule has 0 aliphatic carbocycles. The number of H-pyrrole nitrogens is 1. The summed E-state index contributed by atoms with van der Waals surface area (Å²) in [6.45, 7) is 0.772. The van der Waals surface area contributed by atoms with Gasteiger partial charge in [0.25, 0.3) is 5.56 Å². The lowest BCUT2D eigenvalue weighted by molar-refractivity contribution is -0.118. The number of aromatic nitrogens is 3. The second-order valence-electron chi connectivity index (χ2n) is 8.51. The predicted molar refractivity (Wildman–Crippen MR) is 134 cm³/mol. The Bertz CT molecular complexity index is 1380. The third kappa shape index (κ3) is 5.91. The topological polar surface area (TPSA) is 161 Å². The predicted octanol–water partition coefficient (Wildman–Crippen LogP) is 2.08. The van der Waals surface area contributed by atoms with E-state index in [-0.39, 0.29) is 46.7 Å². The Balaban J connectivity index is 1.72. The third-order valence-electron chi connectivity index (χ3n) is 6.11. The Kier molecular flexibility index (Phi) is 8.34. The number of carbonyl (C=O) groups is 1. The molecule has 1 atom stereocenters. The monoisotopic (exact) mass is 536 g/mol. The van der Waals surface area contributed by atoms with Crippen LogP contribution in [0.4, 0.5) is 5.13 Å². The van der Waals surface area contributed by atoms with Crippen molar-refractivity contribution in [1.29, 1.82) is 0 Å². The maximum absolute atomic E-state index is 13.6. The number of thiazole rings is 1. The van der Waals surface area contributed by atoms with Gasteiger partial charge in [-0.15, -0.1) is 0 Å². The number of anilines is 1. The number of carbonyl (C=O) groups excluding carboxylic acids is 1. The van der Waals surface area contributed by atoms with Crippen LogP contribution in [0, 0.1) is 5.92 Å². The second kappa shape index (κ2) is 11.5. The maximum atomic E-state index is 13.6. The number of methoxy groups -OCH3 is 1. The summed E-state index contributed by atoms with van der Waals surface area (Å²) in [5.74, 6) is -1.41. The summed E-state index contributed by atoms with van der Waals surface area (Å²) in [5, 5.41) is 12.2. The van der Waals surface area contributed by atoms with Gasteiger partial charge in [0.1, 0.15) is 10.3 Å². The first-order chi connectivity index (χ1) is 17.3. The van der Waals surface area contributed by atoms with Gasteiger partial charge in [0.2, 0.25) is 11.8 Å². The van der Waals surface area contributed by atoms with Crippen LogP contribution in [-0.2, 0) is 19.4 Å². The molecule has 3 N–H and O–H groups in total. The maximum Gasteiger partial charge on any atom is 0.253 e. The molecule has 11 nitrogen and oxygen atoms in total. The Morgan fingerprint density at radius 2 is 2.08 bits per heavy atom. The highest BCUT2D eigenvalue weighted by Crippen LogP contribution is 2.34. The van der Waals surface area contributed by atoms with Crippen molar-refractivity contribution in [3.05, 3.63) is 40.3 Å². The largest absolute Gasteiger partial charge is 0.481 e. The van der Waals surface area contributed by atoms with Gasteiger partial charge in [0.15, 0.2) is 15.0 Å². The highest BCUT2D eigenvalue weighted by Gasteiger charge is 2.34. The number of sulfone groups is 1. The van der Waals surface area contributed by atoms with Gasteiger partial charge < -0.3 is 24.9 Å². The van der Waals surface area contributed by atoms with Crippen molar-refractivity contribution in [2.75, 3.05) is 38.0 Å². The number of hydrogen-bond acceptors (Lipinski definition) is 10. The molecule has 3 aromatic heterocycles. The summed E-state index contributed by atoms with van der Waals surface area (Å²) in [5.41, 5.74) is -0.162. The van der Waals surface area contributed by atoms with Crippen LogP contribution in [0.15, 0.2) is 34.1 Å². The van der Waals surface area contributed by atoms with Crippen molar-refractivity contribution in [2.45, 2.75) is 36.5 Å². The zero-order valence-electron chi connectivity index (χ0n) is 19.7. The zero-order valence-corrected chi connectivity index (χ0v) is 21.4. The number of pyridine rings is 2. The third-order valence-corrected chi connectivity index (χ3v) is 8.84. The average molecular weight is 537 g/mol. The molecule has 0 aromatic carbocycles. The molecule has 1 aliphatic rings. The quantitative estimate of drug-likeness (QED) is 0.352. The molecule has 194 valence electrons. The van der Waals surface area contributed by atoms with Crippen LogP contribution in [0.1, 0.15) is 37.2 Å². The zero-order chi connectivity index (χ0) is 25.7. The molecular weight excluding hydrogens is 508 g/mol. The molecule has 3 aromatic rings. The van der Waals surface area contributed by atoms with Crippen LogP contribution in [0.25, 0.3) is 10.3 Å². The number of amides is 1. The average Bonchev–Trinajstić information content (AvgIpc) is 3.28. The summed E-state index contributed by atoms with van der Waals surface area (Å²) in [6.07, 6.45) is 2.96. The van der Waals surface area contributed by atoms with Crippen molar-refractivity contribution in [3.8, 4) is 5.88 Å². The van der Waals surface area contributed by atoms with Crippen molar-refractivity contribution >= 4 is 42.6 Å². The molecule has 0 spiro atoms. The molecule has 0 radical (unpaired) electrons. The van der Waals surface area contributed by atoms with Gasteiger partial charge in [0.05, 0.1) is 23.7 Å². The number of aliphatic hydroxyl groups is 1. The molecule has 4 rings (SSSR count). The number of nitrogens with one attached hydrogen (secondary N) is 2. The summed E-state index contributed by atoms with van der Waals surface area (Å²) in [7, 11) is -2.42. The van der Waals surface area contributed by atoms with Gasteiger partial charge in [0, 0.05) is 37.6 Å². The summed E-state index contributed by atoms with van der Waals surface area (Å²) in [6, 6.07) is 4.69. The normalized spacial score (nSPS) is 15.6. The fraction of sp³-hybridized carbons (Fsp3) is 0.478. The number of ether oxygens (including phenoxy) is 2. The molecule has 0 bridgehead atoms. The van der Waals surface area contributed by atoms with E-state index in [1.54, 1.807) is 12.1 Å². The minimum atomic E-state index is -3.92. The standard InChI is InChI=1S/C23H28N4O7S2/c1-33-18-4-3-16-22(26-18)35-23(25-16)27-20(29)15(13-14-6-10-34-11-7-14)19-17(5-8-24-21(19)30)36(31,32)12-2-9-28/h3-5,8,14-15,28H,2,6-7,9-13H2,1H3,(H,24,30)(H,25,27,29)/t15-/m1/s1. The molecule has 4 heterocycles. The minimum Gasteiger partial charge on any atom is -0.481 e. The van der Waals surface area contributed by atoms with Gasteiger partial charge in [-0.05, 0) is 43.7 Å². The Labute approximate surface area is 211 Å². The molecule has 1 saturated heterocycles. The Morgan fingerprint density at radius 1 is 1.31 bits per heavy atom. The van der Waals surface area contributed by atoms with E-state index in [0.29, 0.717) is 42.3 Å². The van der Waals surface area contributed by atoms with Crippen LogP contribution < -0.4 is 15.6 Å². The lowest BCUT2D eigenvalue weighted by Gasteiger charge is -2.26. The number of rotatable bonds is 10. The first-order valence-electron chi connectivity index (χ1n) is 11.6. The SMILES string of the molecule is COc1ccc2nc(NC(=O)[C@H](CC3CCOCC3)c3c(S(=O)(=O)CCCO)cc[nH]c3=O)sc2n1. The summed E-state index contributed by atoms with van der Waals surface area (Å²) < 4.78 is 36.7. The van der Waals surface area contributed by atoms with Crippen LogP contribution in [-0.4, -0.2) is 67.1 Å². The molecule has 36 heavy (non-hydrogen) atoms. The van der Waals surface area contributed by atoms with E-state index in [4.69, 9.17) is 14.6 Å². The Hall–Kier alpha value is -2.87. The van der Waals surface area contributed by atoms with E-state index in [2.05, 4.69) is 20.3 Å².